The maximum absolute atomic E-state index is 9.99. The van der Waals surface area contributed by atoms with Crippen LogP contribution >= 0.6 is 0 Å². The Bertz CT molecular complexity index is 206. The molecular formula is C7H12O7. The molecule has 0 aliphatic carbocycles. The number of carboxylic acid groups (broad SMARTS) is 3. The lowest BCUT2D eigenvalue weighted by Gasteiger charge is -2.03. The van der Waals surface area contributed by atoms with E-state index in [4.69, 9.17) is 20.1 Å². The third-order valence-corrected chi connectivity index (χ3v) is 0.805. The summed E-state index contributed by atoms with van der Waals surface area (Å²) in [4.78, 5) is 28.8. The van der Waals surface area contributed by atoms with Crippen LogP contribution in [0.15, 0.2) is 0 Å². The lowest BCUT2D eigenvalue weighted by Crippen LogP contribution is -2.23. The molecule has 0 aromatic heterocycles. The molecule has 0 radical (unpaired) electrons. The third kappa shape index (κ3) is 16.8. The van der Waals surface area contributed by atoms with Gasteiger partial charge < -0.3 is 20.1 Å². The lowest BCUT2D eigenvalue weighted by molar-refractivity contribution is -0.155. The Labute approximate surface area is 79.9 Å². The maximum Gasteiger partial charge on any atom is 0.332 e. The molecule has 0 heterocycles. The number of ether oxygens (including phenoxy) is 1. The van der Waals surface area contributed by atoms with E-state index in [1.54, 1.807) is 0 Å². The van der Waals surface area contributed by atoms with Crippen LogP contribution in [-0.4, -0.2) is 45.9 Å². The molecular weight excluding hydrogens is 196 g/mol. The van der Waals surface area contributed by atoms with Gasteiger partial charge >= 0.3 is 11.9 Å². The Morgan fingerprint density at radius 1 is 1.21 bits per heavy atom. The van der Waals surface area contributed by atoms with Crippen LogP contribution in [0.1, 0.15) is 13.8 Å². The van der Waals surface area contributed by atoms with Crippen molar-refractivity contribution < 1.29 is 34.4 Å². The van der Waals surface area contributed by atoms with E-state index in [2.05, 4.69) is 4.74 Å². The SMILES string of the molecule is CC(=O)O.CC(OCC(=O)O)C(=O)O. The van der Waals surface area contributed by atoms with Crippen LogP contribution in [0.3, 0.4) is 0 Å². The second kappa shape index (κ2) is 7.99. The van der Waals surface area contributed by atoms with Crippen LogP contribution in [-0.2, 0) is 19.1 Å². The second-order valence-electron chi connectivity index (χ2n) is 2.20. The van der Waals surface area contributed by atoms with Crippen LogP contribution in [0.2, 0.25) is 0 Å². The molecule has 14 heavy (non-hydrogen) atoms. The van der Waals surface area contributed by atoms with Gasteiger partial charge in [-0.3, -0.25) is 4.79 Å². The first-order valence-corrected chi connectivity index (χ1v) is 3.53. The van der Waals surface area contributed by atoms with Gasteiger partial charge in [-0.15, -0.1) is 0 Å². The molecule has 1 atom stereocenters. The van der Waals surface area contributed by atoms with Gasteiger partial charge in [0.15, 0.2) is 6.10 Å². The van der Waals surface area contributed by atoms with Gasteiger partial charge in [-0.25, -0.2) is 9.59 Å². The zero-order chi connectivity index (χ0) is 11.7. The smallest absolute Gasteiger partial charge is 0.332 e. The summed E-state index contributed by atoms with van der Waals surface area (Å²) in [5.41, 5.74) is 0. The molecule has 3 N–H and O–H groups in total. The first-order chi connectivity index (χ1) is 6.27. The van der Waals surface area contributed by atoms with Crippen molar-refractivity contribution in [3.05, 3.63) is 0 Å². The van der Waals surface area contributed by atoms with Gasteiger partial charge in [-0.2, -0.15) is 0 Å². The van der Waals surface area contributed by atoms with E-state index in [1.807, 2.05) is 0 Å². The molecule has 0 fully saturated rings. The summed E-state index contributed by atoms with van der Waals surface area (Å²) >= 11 is 0. The summed E-state index contributed by atoms with van der Waals surface area (Å²) in [6.07, 6.45) is -1.06. The molecule has 0 aromatic carbocycles. The van der Waals surface area contributed by atoms with Crippen LogP contribution < -0.4 is 0 Å². The molecule has 0 aliphatic rings. The second-order valence-corrected chi connectivity index (χ2v) is 2.20. The molecule has 0 aromatic rings. The highest BCUT2D eigenvalue weighted by Gasteiger charge is 2.11. The van der Waals surface area contributed by atoms with Crippen LogP contribution in [0, 0.1) is 0 Å². The van der Waals surface area contributed by atoms with E-state index in [-0.39, 0.29) is 0 Å². The van der Waals surface area contributed by atoms with Gasteiger partial charge in [0.05, 0.1) is 0 Å². The molecule has 0 rings (SSSR count). The Morgan fingerprint density at radius 2 is 1.57 bits per heavy atom. The number of carbonyl (C=O) groups is 3. The van der Waals surface area contributed by atoms with E-state index >= 15 is 0 Å². The standard InChI is InChI=1S/C5H8O5.C2H4O2/c1-3(5(8)9)10-2-4(6)7;1-2(3)4/h3H,2H2,1H3,(H,6,7)(H,8,9);1H3,(H,3,4). The quantitative estimate of drug-likeness (QED) is 0.577. The normalized spacial score (nSPS) is 10.7. The Hall–Kier alpha value is -1.63. The molecule has 0 amide bonds. The average Bonchev–Trinajstić information content (AvgIpc) is 1.98. The summed E-state index contributed by atoms with van der Waals surface area (Å²) in [5.74, 6) is -3.17. The fraction of sp³-hybridized carbons (Fsp3) is 0.571. The lowest BCUT2D eigenvalue weighted by atomic mass is 10.4. The number of hydrogen-bond acceptors (Lipinski definition) is 4. The Balaban J connectivity index is 0. The van der Waals surface area contributed by atoms with Gasteiger partial charge in [-0.05, 0) is 6.92 Å². The van der Waals surface area contributed by atoms with E-state index in [9.17, 15) is 9.59 Å². The molecule has 7 nitrogen and oxygen atoms in total. The predicted octanol–water partition coefficient (Wildman–Crippen LogP) is -0.348. The van der Waals surface area contributed by atoms with E-state index in [0.717, 1.165) is 6.92 Å². The van der Waals surface area contributed by atoms with Gasteiger partial charge in [0.25, 0.3) is 5.97 Å². The largest absolute Gasteiger partial charge is 0.481 e. The van der Waals surface area contributed by atoms with E-state index in [0.29, 0.717) is 0 Å². The highest BCUT2D eigenvalue weighted by Crippen LogP contribution is 1.88. The van der Waals surface area contributed by atoms with Crippen LogP contribution in [0.4, 0.5) is 0 Å². The van der Waals surface area contributed by atoms with Crippen molar-refractivity contribution in [1.82, 2.24) is 0 Å². The number of hydrogen-bond donors (Lipinski definition) is 3. The highest BCUT2D eigenvalue weighted by molar-refractivity contribution is 5.73. The van der Waals surface area contributed by atoms with Gasteiger partial charge in [-0.1, -0.05) is 0 Å². The van der Waals surface area contributed by atoms with E-state index in [1.165, 1.54) is 6.92 Å². The van der Waals surface area contributed by atoms with Crippen molar-refractivity contribution in [1.29, 1.82) is 0 Å². The van der Waals surface area contributed by atoms with Crippen LogP contribution in [0.25, 0.3) is 0 Å². The third-order valence-electron chi connectivity index (χ3n) is 0.805. The van der Waals surface area contributed by atoms with Crippen LogP contribution in [0.5, 0.6) is 0 Å². The molecule has 82 valence electrons. The summed E-state index contributed by atoms with van der Waals surface area (Å²) in [6.45, 7) is 1.78. The minimum absolute atomic E-state index is 0.576. The summed E-state index contributed by atoms with van der Waals surface area (Å²) < 4.78 is 4.37. The first-order valence-electron chi connectivity index (χ1n) is 3.53. The van der Waals surface area contributed by atoms with Crippen molar-refractivity contribution in [3.8, 4) is 0 Å². The summed E-state index contributed by atoms with van der Waals surface area (Å²) in [6, 6.07) is 0. The Kier molecular flexibility index (Phi) is 8.49. The van der Waals surface area contributed by atoms with Crippen molar-refractivity contribution in [2.24, 2.45) is 0 Å². The molecule has 0 saturated heterocycles. The zero-order valence-corrected chi connectivity index (χ0v) is 7.76. The first kappa shape index (κ1) is 14.9. The summed E-state index contributed by atoms with van der Waals surface area (Å²) in [5, 5.41) is 23.6. The maximum atomic E-state index is 9.99. The fourth-order valence-corrected chi connectivity index (χ4v) is 0.268. The molecule has 0 aliphatic heterocycles. The number of rotatable bonds is 4. The molecule has 0 spiro atoms. The minimum atomic E-state index is -1.17. The molecule has 1 unspecified atom stereocenters. The molecule has 7 heteroatoms. The summed E-state index contributed by atoms with van der Waals surface area (Å²) in [7, 11) is 0. The van der Waals surface area contributed by atoms with E-state index < -0.39 is 30.6 Å². The fourth-order valence-electron chi connectivity index (χ4n) is 0.268. The van der Waals surface area contributed by atoms with Crippen molar-refractivity contribution in [2.75, 3.05) is 6.61 Å². The average molecular weight is 208 g/mol. The van der Waals surface area contributed by atoms with Gasteiger partial charge in [0, 0.05) is 6.92 Å². The predicted molar refractivity (Wildman–Crippen MR) is 44.0 cm³/mol. The topological polar surface area (TPSA) is 121 Å². The zero-order valence-electron chi connectivity index (χ0n) is 7.76. The Morgan fingerprint density at radius 3 is 1.79 bits per heavy atom. The molecule has 0 bridgehead atoms. The highest BCUT2D eigenvalue weighted by atomic mass is 16.5. The van der Waals surface area contributed by atoms with Gasteiger partial charge in [0.2, 0.25) is 0 Å². The van der Waals surface area contributed by atoms with Crippen molar-refractivity contribution >= 4 is 17.9 Å². The number of carboxylic acids is 3. The van der Waals surface area contributed by atoms with Crippen molar-refractivity contribution in [3.63, 3.8) is 0 Å². The number of aliphatic carboxylic acids is 3. The molecule has 0 saturated carbocycles. The van der Waals surface area contributed by atoms with Crippen molar-refractivity contribution in [2.45, 2.75) is 20.0 Å². The minimum Gasteiger partial charge on any atom is -0.481 e. The monoisotopic (exact) mass is 208 g/mol. The van der Waals surface area contributed by atoms with Gasteiger partial charge in [0.1, 0.15) is 6.61 Å².